The van der Waals surface area contributed by atoms with Crippen LogP contribution in [0, 0.1) is 17.3 Å². The first-order valence-corrected chi connectivity index (χ1v) is 9.65. The van der Waals surface area contributed by atoms with Crippen LogP contribution in [0.25, 0.3) is 0 Å². The minimum atomic E-state index is 0.500. The highest BCUT2D eigenvalue weighted by atomic mass is 32.1. The number of hydrogen-bond acceptors (Lipinski definition) is 2. The van der Waals surface area contributed by atoms with Gasteiger partial charge in [0.15, 0.2) is 0 Å². The Morgan fingerprint density at radius 1 is 1.24 bits per heavy atom. The minimum absolute atomic E-state index is 0.500. The zero-order chi connectivity index (χ0) is 15.3. The Balaban J connectivity index is 1.78. The average Bonchev–Trinajstić information content (AvgIpc) is 2.97. The van der Waals surface area contributed by atoms with Crippen LogP contribution < -0.4 is 5.32 Å². The molecular weight excluding hydrogens is 274 g/mol. The fourth-order valence-electron chi connectivity index (χ4n) is 3.66. The third-order valence-corrected chi connectivity index (χ3v) is 6.17. The molecule has 0 spiro atoms. The lowest BCUT2D eigenvalue weighted by Crippen LogP contribution is -2.32. The molecule has 0 aromatic carbocycles. The van der Waals surface area contributed by atoms with E-state index in [0.717, 1.165) is 11.8 Å². The monoisotopic (exact) mass is 307 g/mol. The Morgan fingerprint density at radius 3 is 2.48 bits per heavy atom. The molecule has 120 valence electrons. The lowest BCUT2D eigenvalue weighted by atomic mass is 9.70. The largest absolute Gasteiger partial charge is 0.309 e. The van der Waals surface area contributed by atoms with Crippen LogP contribution in [-0.4, -0.2) is 6.54 Å². The summed E-state index contributed by atoms with van der Waals surface area (Å²) in [6.07, 6.45) is 8.20. The van der Waals surface area contributed by atoms with Gasteiger partial charge in [0.1, 0.15) is 0 Å². The minimum Gasteiger partial charge on any atom is -0.309 e. The van der Waals surface area contributed by atoms with Gasteiger partial charge >= 0.3 is 0 Å². The first kappa shape index (κ1) is 17.0. The molecule has 1 aromatic heterocycles. The average molecular weight is 308 g/mol. The molecule has 1 aromatic rings. The predicted molar refractivity (Wildman–Crippen MR) is 94.9 cm³/mol. The van der Waals surface area contributed by atoms with Gasteiger partial charge in [0.25, 0.3) is 0 Å². The van der Waals surface area contributed by atoms with Crippen LogP contribution >= 0.6 is 11.3 Å². The smallest absolute Gasteiger partial charge is 0.0414 e. The maximum absolute atomic E-state index is 3.86. The zero-order valence-corrected chi connectivity index (χ0v) is 15.1. The molecule has 1 unspecified atom stereocenters. The van der Waals surface area contributed by atoms with Crippen molar-refractivity contribution in [2.24, 2.45) is 17.3 Å². The second kappa shape index (κ2) is 7.78. The summed E-state index contributed by atoms with van der Waals surface area (Å²) < 4.78 is 0. The Bertz CT molecular complexity index is 382. The van der Waals surface area contributed by atoms with Crippen molar-refractivity contribution in [1.29, 1.82) is 0 Å². The molecular formula is C19H33NS. The zero-order valence-electron chi connectivity index (χ0n) is 14.3. The van der Waals surface area contributed by atoms with Crippen molar-refractivity contribution in [3.8, 4) is 0 Å². The molecule has 1 saturated carbocycles. The molecule has 21 heavy (non-hydrogen) atoms. The summed E-state index contributed by atoms with van der Waals surface area (Å²) in [7, 11) is 0. The Morgan fingerprint density at radius 2 is 1.95 bits per heavy atom. The molecule has 0 aliphatic heterocycles. The van der Waals surface area contributed by atoms with Crippen molar-refractivity contribution in [3.05, 3.63) is 22.4 Å². The fraction of sp³-hybridized carbons (Fsp3) is 0.789. The lowest BCUT2D eigenvalue weighted by Gasteiger charge is -2.37. The van der Waals surface area contributed by atoms with Crippen molar-refractivity contribution < 1.29 is 0 Å². The molecule has 1 N–H and O–H groups in total. The van der Waals surface area contributed by atoms with Crippen LogP contribution in [-0.2, 0) is 0 Å². The summed E-state index contributed by atoms with van der Waals surface area (Å²) in [5, 5.41) is 6.06. The fourth-order valence-corrected chi connectivity index (χ4v) is 4.50. The summed E-state index contributed by atoms with van der Waals surface area (Å²) in [5.41, 5.74) is 0.500. The number of nitrogens with one attached hydrogen (secondary N) is 1. The molecule has 1 heterocycles. The Hall–Kier alpha value is -0.340. The Kier molecular flexibility index (Phi) is 6.31. The maximum atomic E-state index is 3.86. The first-order valence-electron chi connectivity index (χ1n) is 8.77. The van der Waals surface area contributed by atoms with Crippen LogP contribution in [0.5, 0.6) is 0 Å². The van der Waals surface area contributed by atoms with Crippen molar-refractivity contribution in [2.45, 2.75) is 72.3 Å². The summed E-state index contributed by atoms with van der Waals surface area (Å²) in [4.78, 5) is 1.51. The standard InChI is InChI=1S/C19H33NS/c1-5-7-17(18-8-6-13-21-18)20-14-15-9-11-16(12-10-15)19(2,3)4/h6,8,13,15-17,20H,5,7,9-12,14H2,1-4H3. The third kappa shape index (κ3) is 5.10. The number of thiophene rings is 1. The molecule has 1 aliphatic carbocycles. The highest BCUT2D eigenvalue weighted by molar-refractivity contribution is 7.10. The number of hydrogen-bond donors (Lipinski definition) is 1. The first-order chi connectivity index (χ1) is 10.0. The van der Waals surface area contributed by atoms with Gasteiger partial charge in [0, 0.05) is 10.9 Å². The lowest BCUT2D eigenvalue weighted by molar-refractivity contribution is 0.147. The molecule has 1 aliphatic rings. The summed E-state index contributed by atoms with van der Waals surface area (Å²) >= 11 is 1.90. The normalized spacial score (nSPS) is 25.0. The summed E-state index contributed by atoms with van der Waals surface area (Å²) in [6.45, 7) is 10.7. The van der Waals surface area contributed by atoms with E-state index in [1.54, 1.807) is 0 Å². The highest BCUT2D eigenvalue weighted by Crippen LogP contribution is 2.39. The molecule has 0 radical (unpaired) electrons. The second-order valence-electron chi connectivity index (χ2n) is 7.85. The summed E-state index contributed by atoms with van der Waals surface area (Å²) in [5.74, 6) is 1.82. The van der Waals surface area contributed by atoms with E-state index in [2.05, 4.69) is 50.5 Å². The Labute approximate surface area is 135 Å². The van der Waals surface area contributed by atoms with Gasteiger partial charge in [-0.2, -0.15) is 0 Å². The molecule has 1 nitrogen and oxygen atoms in total. The molecule has 1 fully saturated rings. The van der Waals surface area contributed by atoms with Gasteiger partial charge in [0.05, 0.1) is 0 Å². The van der Waals surface area contributed by atoms with Gasteiger partial charge in [-0.3, -0.25) is 0 Å². The van der Waals surface area contributed by atoms with Crippen LogP contribution in [0.15, 0.2) is 17.5 Å². The van der Waals surface area contributed by atoms with E-state index in [-0.39, 0.29) is 0 Å². The molecule has 0 saturated heterocycles. The van der Waals surface area contributed by atoms with E-state index < -0.39 is 0 Å². The SMILES string of the molecule is CCCC(NCC1CCC(C(C)(C)C)CC1)c1cccs1. The maximum Gasteiger partial charge on any atom is 0.0414 e. The van der Waals surface area contributed by atoms with E-state index in [0.29, 0.717) is 11.5 Å². The van der Waals surface area contributed by atoms with Crippen LogP contribution in [0.1, 0.15) is 77.1 Å². The van der Waals surface area contributed by atoms with Gasteiger partial charge in [0.2, 0.25) is 0 Å². The van der Waals surface area contributed by atoms with Gasteiger partial charge in [-0.05, 0) is 67.3 Å². The van der Waals surface area contributed by atoms with Gasteiger partial charge in [-0.1, -0.05) is 40.2 Å². The summed E-state index contributed by atoms with van der Waals surface area (Å²) in [6, 6.07) is 5.04. The predicted octanol–water partition coefficient (Wildman–Crippen LogP) is 6.03. The van der Waals surface area contributed by atoms with Crippen molar-refractivity contribution >= 4 is 11.3 Å². The van der Waals surface area contributed by atoms with Crippen LogP contribution in [0.2, 0.25) is 0 Å². The van der Waals surface area contributed by atoms with E-state index >= 15 is 0 Å². The van der Waals surface area contributed by atoms with E-state index in [1.807, 2.05) is 11.3 Å². The molecule has 1 atom stereocenters. The molecule has 2 heteroatoms. The highest BCUT2D eigenvalue weighted by Gasteiger charge is 2.29. The van der Waals surface area contributed by atoms with Crippen molar-refractivity contribution in [2.75, 3.05) is 6.54 Å². The van der Waals surface area contributed by atoms with Crippen LogP contribution in [0.4, 0.5) is 0 Å². The van der Waals surface area contributed by atoms with Crippen LogP contribution in [0.3, 0.4) is 0 Å². The van der Waals surface area contributed by atoms with Gasteiger partial charge in [-0.15, -0.1) is 11.3 Å². The third-order valence-electron chi connectivity index (χ3n) is 5.19. The number of rotatable bonds is 6. The van der Waals surface area contributed by atoms with E-state index in [9.17, 15) is 0 Å². The van der Waals surface area contributed by atoms with E-state index in [4.69, 9.17) is 0 Å². The van der Waals surface area contributed by atoms with E-state index in [1.165, 1.54) is 49.9 Å². The molecule has 2 rings (SSSR count). The van der Waals surface area contributed by atoms with Crippen molar-refractivity contribution in [1.82, 2.24) is 5.32 Å². The molecule has 0 bridgehead atoms. The molecule has 0 amide bonds. The second-order valence-corrected chi connectivity index (χ2v) is 8.83. The quantitative estimate of drug-likeness (QED) is 0.676. The van der Waals surface area contributed by atoms with Gasteiger partial charge in [-0.25, -0.2) is 0 Å². The van der Waals surface area contributed by atoms with Crippen molar-refractivity contribution in [3.63, 3.8) is 0 Å². The van der Waals surface area contributed by atoms with Gasteiger partial charge < -0.3 is 5.32 Å². The topological polar surface area (TPSA) is 12.0 Å².